The van der Waals surface area contributed by atoms with E-state index in [-0.39, 0.29) is 5.56 Å². The highest BCUT2D eigenvalue weighted by Gasteiger charge is 2.06. The summed E-state index contributed by atoms with van der Waals surface area (Å²) in [6.45, 7) is 0.393. The molecule has 0 fully saturated rings. The lowest BCUT2D eigenvalue weighted by Crippen LogP contribution is -2.13. The third-order valence-electron chi connectivity index (χ3n) is 2.18. The second-order valence-corrected chi connectivity index (χ2v) is 3.02. The SMILES string of the molecule is Cn1[nH]c2cccc(CN)c2c1=O. The Balaban J connectivity index is 2.95. The number of nitrogens with one attached hydrogen (secondary N) is 1. The molecule has 1 aromatic heterocycles. The van der Waals surface area contributed by atoms with Crippen LogP contribution in [0, 0.1) is 0 Å². The van der Waals surface area contributed by atoms with Crippen LogP contribution in [0.4, 0.5) is 0 Å². The first-order valence-electron chi connectivity index (χ1n) is 4.10. The van der Waals surface area contributed by atoms with Crippen LogP contribution in [-0.2, 0) is 13.6 Å². The molecule has 1 aromatic carbocycles. The van der Waals surface area contributed by atoms with Crippen molar-refractivity contribution in [3.63, 3.8) is 0 Å². The summed E-state index contributed by atoms with van der Waals surface area (Å²) < 4.78 is 1.46. The van der Waals surface area contributed by atoms with Crippen molar-refractivity contribution in [2.24, 2.45) is 12.8 Å². The number of aryl methyl sites for hydroxylation is 1. The summed E-state index contributed by atoms with van der Waals surface area (Å²) in [6, 6.07) is 5.63. The minimum absolute atomic E-state index is 0.0175. The highest BCUT2D eigenvalue weighted by Crippen LogP contribution is 2.11. The lowest BCUT2D eigenvalue weighted by Gasteiger charge is -1.95. The zero-order valence-corrected chi connectivity index (χ0v) is 7.37. The minimum atomic E-state index is -0.0175. The molecule has 0 aliphatic carbocycles. The topological polar surface area (TPSA) is 63.8 Å². The monoisotopic (exact) mass is 177 g/mol. The first-order chi connectivity index (χ1) is 6.24. The Morgan fingerprint density at radius 3 is 3.00 bits per heavy atom. The third-order valence-corrected chi connectivity index (χ3v) is 2.18. The van der Waals surface area contributed by atoms with Gasteiger partial charge in [0.15, 0.2) is 0 Å². The summed E-state index contributed by atoms with van der Waals surface area (Å²) in [7, 11) is 1.70. The van der Waals surface area contributed by atoms with Gasteiger partial charge in [0.2, 0.25) is 0 Å². The van der Waals surface area contributed by atoms with Crippen LogP contribution < -0.4 is 11.3 Å². The zero-order valence-electron chi connectivity index (χ0n) is 7.37. The summed E-state index contributed by atoms with van der Waals surface area (Å²) in [6.07, 6.45) is 0. The van der Waals surface area contributed by atoms with Crippen molar-refractivity contribution in [2.45, 2.75) is 6.54 Å². The Bertz CT molecular complexity index is 495. The summed E-state index contributed by atoms with van der Waals surface area (Å²) in [5.74, 6) is 0. The zero-order chi connectivity index (χ0) is 9.42. The lowest BCUT2D eigenvalue weighted by molar-refractivity contribution is 0.751. The van der Waals surface area contributed by atoms with E-state index in [0.29, 0.717) is 11.9 Å². The Labute approximate surface area is 75.0 Å². The van der Waals surface area contributed by atoms with Gasteiger partial charge in [0.05, 0.1) is 10.9 Å². The van der Waals surface area contributed by atoms with E-state index in [0.717, 1.165) is 11.1 Å². The number of benzene rings is 1. The number of aromatic amines is 1. The van der Waals surface area contributed by atoms with Crippen molar-refractivity contribution in [1.82, 2.24) is 9.78 Å². The summed E-state index contributed by atoms with van der Waals surface area (Å²) in [5.41, 5.74) is 7.25. The Morgan fingerprint density at radius 2 is 2.31 bits per heavy atom. The van der Waals surface area contributed by atoms with Crippen molar-refractivity contribution in [3.8, 4) is 0 Å². The molecule has 0 aliphatic rings. The summed E-state index contributed by atoms with van der Waals surface area (Å²) >= 11 is 0. The van der Waals surface area contributed by atoms with Crippen molar-refractivity contribution < 1.29 is 0 Å². The number of nitrogens with two attached hydrogens (primary N) is 1. The molecule has 0 saturated carbocycles. The van der Waals surface area contributed by atoms with E-state index >= 15 is 0 Å². The van der Waals surface area contributed by atoms with Gasteiger partial charge in [-0.2, -0.15) is 0 Å². The number of aromatic nitrogens is 2. The van der Waals surface area contributed by atoms with E-state index in [2.05, 4.69) is 5.10 Å². The molecular formula is C9H11N3O. The van der Waals surface area contributed by atoms with Gasteiger partial charge in [-0.3, -0.25) is 14.6 Å². The Kier molecular flexibility index (Phi) is 1.70. The fourth-order valence-electron chi connectivity index (χ4n) is 1.52. The van der Waals surface area contributed by atoms with Crippen molar-refractivity contribution in [2.75, 3.05) is 0 Å². The molecule has 4 nitrogen and oxygen atoms in total. The number of hydrogen-bond acceptors (Lipinski definition) is 2. The maximum Gasteiger partial charge on any atom is 0.274 e. The average Bonchev–Trinajstić information content (AvgIpc) is 2.43. The van der Waals surface area contributed by atoms with Crippen LogP contribution in [0.5, 0.6) is 0 Å². The molecule has 4 heteroatoms. The second-order valence-electron chi connectivity index (χ2n) is 3.02. The van der Waals surface area contributed by atoms with Crippen LogP contribution in [0.25, 0.3) is 10.9 Å². The second kappa shape index (κ2) is 2.74. The van der Waals surface area contributed by atoms with Crippen LogP contribution >= 0.6 is 0 Å². The maximum absolute atomic E-state index is 11.6. The van der Waals surface area contributed by atoms with Crippen molar-refractivity contribution >= 4 is 10.9 Å². The van der Waals surface area contributed by atoms with Crippen molar-refractivity contribution in [3.05, 3.63) is 34.1 Å². The summed E-state index contributed by atoms with van der Waals surface area (Å²) in [5, 5.41) is 3.65. The Hall–Kier alpha value is -1.55. The van der Waals surface area contributed by atoms with E-state index in [1.165, 1.54) is 4.68 Å². The van der Waals surface area contributed by atoms with Crippen molar-refractivity contribution in [1.29, 1.82) is 0 Å². The molecule has 0 unspecified atom stereocenters. The Morgan fingerprint density at radius 1 is 1.54 bits per heavy atom. The van der Waals surface area contributed by atoms with Gasteiger partial charge in [-0.1, -0.05) is 12.1 Å². The fourth-order valence-corrected chi connectivity index (χ4v) is 1.52. The smallest absolute Gasteiger partial charge is 0.274 e. The molecular weight excluding hydrogens is 166 g/mol. The predicted molar refractivity (Wildman–Crippen MR) is 51.4 cm³/mol. The number of H-pyrrole nitrogens is 1. The minimum Gasteiger partial charge on any atom is -0.326 e. The average molecular weight is 177 g/mol. The van der Waals surface area contributed by atoms with Gasteiger partial charge >= 0.3 is 0 Å². The first-order valence-corrected chi connectivity index (χ1v) is 4.10. The van der Waals surface area contributed by atoms with E-state index in [9.17, 15) is 4.79 Å². The normalized spacial score (nSPS) is 10.9. The number of hydrogen-bond donors (Lipinski definition) is 2. The number of nitrogens with zero attached hydrogens (tertiary/aromatic N) is 1. The van der Waals surface area contributed by atoms with Gasteiger partial charge in [0.1, 0.15) is 0 Å². The van der Waals surface area contributed by atoms with Gasteiger partial charge in [0, 0.05) is 13.6 Å². The van der Waals surface area contributed by atoms with E-state index in [4.69, 9.17) is 5.73 Å². The number of fused-ring (bicyclic) bond motifs is 1. The molecule has 2 rings (SSSR count). The van der Waals surface area contributed by atoms with E-state index < -0.39 is 0 Å². The molecule has 3 N–H and O–H groups in total. The van der Waals surface area contributed by atoms with Gasteiger partial charge in [0.25, 0.3) is 5.56 Å². The molecule has 0 spiro atoms. The van der Waals surface area contributed by atoms with Crippen LogP contribution in [0.1, 0.15) is 5.56 Å². The molecule has 0 saturated heterocycles. The lowest BCUT2D eigenvalue weighted by atomic mass is 10.1. The van der Waals surface area contributed by atoms with Crippen LogP contribution in [-0.4, -0.2) is 9.78 Å². The molecule has 0 radical (unpaired) electrons. The molecule has 0 aliphatic heterocycles. The van der Waals surface area contributed by atoms with Gasteiger partial charge in [-0.25, -0.2) is 0 Å². The van der Waals surface area contributed by atoms with Crippen LogP contribution in [0.15, 0.2) is 23.0 Å². The highest BCUT2D eigenvalue weighted by atomic mass is 16.1. The molecule has 68 valence electrons. The molecule has 13 heavy (non-hydrogen) atoms. The fraction of sp³-hybridized carbons (Fsp3) is 0.222. The van der Waals surface area contributed by atoms with Gasteiger partial charge in [-0.15, -0.1) is 0 Å². The highest BCUT2D eigenvalue weighted by molar-refractivity contribution is 5.81. The predicted octanol–water partition coefficient (Wildman–Crippen LogP) is 0.325. The van der Waals surface area contributed by atoms with E-state index in [1.807, 2.05) is 18.2 Å². The van der Waals surface area contributed by atoms with Crippen LogP contribution in [0.3, 0.4) is 0 Å². The van der Waals surface area contributed by atoms with Crippen LogP contribution in [0.2, 0.25) is 0 Å². The third kappa shape index (κ3) is 1.07. The first kappa shape index (κ1) is 8.07. The quantitative estimate of drug-likeness (QED) is 0.659. The largest absolute Gasteiger partial charge is 0.326 e. The standard InChI is InChI=1S/C9H11N3O/c1-12-9(13)8-6(5-10)3-2-4-7(8)11-12/h2-4,11H,5,10H2,1H3. The molecule has 1 heterocycles. The molecule has 2 aromatic rings. The van der Waals surface area contributed by atoms with Gasteiger partial charge in [-0.05, 0) is 11.6 Å². The molecule has 0 bridgehead atoms. The number of rotatable bonds is 1. The van der Waals surface area contributed by atoms with Gasteiger partial charge < -0.3 is 5.73 Å². The summed E-state index contributed by atoms with van der Waals surface area (Å²) in [4.78, 5) is 11.6. The molecule has 0 amide bonds. The van der Waals surface area contributed by atoms with E-state index in [1.54, 1.807) is 7.05 Å². The molecule has 0 atom stereocenters. The maximum atomic E-state index is 11.6.